The summed E-state index contributed by atoms with van der Waals surface area (Å²) < 4.78 is 11.2. The molecule has 0 aromatic carbocycles. The molecule has 0 unspecified atom stereocenters. The van der Waals surface area contributed by atoms with Crippen molar-refractivity contribution >= 4 is 11.3 Å². The van der Waals surface area contributed by atoms with Crippen LogP contribution in [0.3, 0.4) is 0 Å². The highest BCUT2D eigenvalue weighted by molar-refractivity contribution is 7.13. The first kappa shape index (κ1) is 16.2. The third kappa shape index (κ3) is 3.27. The fourth-order valence-corrected chi connectivity index (χ4v) is 4.19. The minimum atomic E-state index is -0.313. The van der Waals surface area contributed by atoms with Crippen molar-refractivity contribution in [1.82, 2.24) is 14.8 Å². The summed E-state index contributed by atoms with van der Waals surface area (Å²) in [4.78, 5) is 10.3. The first-order valence-electron chi connectivity index (χ1n) is 8.43. The van der Waals surface area contributed by atoms with Crippen LogP contribution in [0.25, 0.3) is 10.8 Å². The lowest BCUT2D eigenvalue weighted by molar-refractivity contribution is -0.00618. The first-order chi connectivity index (χ1) is 11.7. The van der Waals surface area contributed by atoms with Crippen LogP contribution in [0, 0.1) is 6.92 Å². The number of nitrogens with zero attached hydrogens (tertiary/aromatic N) is 3. The molecule has 2 aliphatic rings. The number of oxazole rings is 1. The number of morpholine rings is 1. The van der Waals surface area contributed by atoms with Gasteiger partial charge in [0.25, 0.3) is 0 Å². The van der Waals surface area contributed by atoms with Crippen LogP contribution in [-0.4, -0.2) is 71.4 Å². The molecule has 24 heavy (non-hydrogen) atoms. The molecule has 0 aliphatic carbocycles. The van der Waals surface area contributed by atoms with Gasteiger partial charge in [0.05, 0.1) is 29.9 Å². The van der Waals surface area contributed by atoms with Crippen molar-refractivity contribution in [2.45, 2.75) is 25.6 Å². The van der Waals surface area contributed by atoms with Crippen LogP contribution in [0.2, 0.25) is 0 Å². The van der Waals surface area contributed by atoms with Gasteiger partial charge in [0.2, 0.25) is 5.89 Å². The lowest BCUT2D eigenvalue weighted by Crippen LogP contribution is -2.48. The van der Waals surface area contributed by atoms with E-state index in [1.165, 1.54) is 0 Å². The molecule has 2 aromatic heterocycles. The van der Waals surface area contributed by atoms with Crippen molar-refractivity contribution in [1.29, 1.82) is 0 Å². The van der Waals surface area contributed by atoms with E-state index in [9.17, 15) is 5.11 Å². The van der Waals surface area contributed by atoms with Crippen LogP contribution in [0.15, 0.2) is 21.9 Å². The van der Waals surface area contributed by atoms with E-state index in [2.05, 4.69) is 14.8 Å². The van der Waals surface area contributed by atoms with Crippen molar-refractivity contribution in [3.05, 3.63) is 29.0 Å². The Bertz CT molecular complexity index is 667. The molecule has 0 radical (unpaired) electrons. The maximum atomic E-state index is 10.4. The normalized spacial score (nSPS) is 26.2. The molecule has 2 saturated heterocycles. The Morgan fingerprint density at radius 1 is 1.33 bits per heavy atom. The van der Waals surface area contributed by atoms with Gasteiger partial charge in [-0.15, -0.1) is 11.3 Å². The van der Waals surface area contributed by atoms with E-state index in [0.717, 1.165) is 55.7 Å². The maximum absolute atomic E-state index is 10.4. The molecule has 4 rings (SSSR count). The standard InChI is InChI=1S/C17H23N3O3S/c1-12-13(18-17(23-12)16-3-2-8-24-16)9-19-10-14(15(21)11-19)20-4-6-22-7-5-20/h2-3,8,14-15,21H,4-7,9-11H2,1H3/t14-,15-/m0/s1. The van der Waals surface area contributed by atoms with Crippen molar-refractivity contribution in [2.75, 3.05) is 39.4 Å². The van der Waals surface area contributed by atoms with Crippen LogP contribution in [0.5, 0.6) is 0 Å². The Hall–Kier alpha value is -1.25. The molecule has 2 atom stereocenters. The summed E-state index contributed by atoms with van der Waals surface area (Å²) in [5, 5.41) is 12.5. The summed E-state index contributed by atoms with van der Waals surface area (Å²) >= 11 is 1.63. The average molecular weight is 349 g/mol. The number of likely N-dealkylation sites (tertiary alicyclic amines) is 1. The summed E-state index contributed by atoms with van der Waals surface area (Å²) in [7, 11) is 0. The largest absolute Gasteiger partial charge is 0.440 e. The molecular weight excluding hydrogens is 326 g/mol. The molecule has 7 heteroatoms. The van der Waals surface area contributed by atoms with E-state index in [-0.39, 0.29) is 12.1 Å². The maximum Gasteiger partial charge on any atom is 0.236 e. The van der Waals surface area contributed by atoms with Crippen LogP contribution >= 0.6 is 11.3 Å². The highest BCUT2D eigenvalue weighted by atomic mass is 32.1. The predicted octanol–water partition coefficient (Wildman–Crippen LogP) is 1.59. The molecule has 2 fully saturated rings. The zero-order valence-electron chi connectivity index (χ0n) is 13.9. The second kappa shape index (κ2) is 6.93. The number of hydrogen-bond acceptors (Lipinski definition) is 7. The fourth-order valence-electron chi connectivity index (χ4n) is 3.54. The van der Waals surface area contributed by atoms with Gasteiger partial charge in [-0.25, -0.2) is 4.98 Å². The van der Waals surface area contributed by atoms with Crippen molar-refractivity contribution in [3.8, 4) is 10.8 Å². The van der Waals surface area contributed by atoms with Gasteiger partial charge in [-0.1, -0.05) is 6.07 Å². The Labute approximate surface area is 145 Å². The molecule has 1 N–H and O–H groups in total. The molecule has 2 aromatic rings. The number of aliphatic hydroxyl groups excluding tert-OH is 1. The second-order valence-electron chi connectivity index (χ2n) is 6.48. The Balaban J connectivity index is 1.42. The first-order valence-corrected chi connectivity index (χ1v) is 9.31. The minimum absolute atomic E-state index is 0.192. The van der Waals surface area contributed by atoms with Gasteiger partial charge in [-0.3, -0.25) is 9.80 Å². The lowest BCUT2D eigenvalue weighted by atomic mass is 10.1. The summed E-state index contributed by atoms with van der Waals surface area (Å²) in [5.41, 5.74) is 0.966. The third-order valence-electron chi connectivity index (χ3n) is 4.85. The van der Waals surface area contributed by atoms with Crippen LogP contribution in [0.4, 0.5) is 0 Å². The fraction of sp³-hybridized carbons (Fsp3) is 0.588. The van der Waals surface area contributed by atoms with Gasteiger partial charge in [0, 0.05) is 38.8 Å². The SMILES string of the molecule is Cc1oc(-c2cccs2)nc1CN1C[C@H](O)[C@@H](N2CCOCC2)C1. The van der Waals surface area contributed by atoms with E-state index >= 15 is 0 Å². The minimum Gasteiger partial charge on any atom is -0.440 e. The number of aryl methyl sites for hydroxylation is 1. The molecular formula is C17H23N3O3S. The van der Waals surface area contributed by atoms with Gasteiger partial charge < -0.3 is 14.3 Å². The summed E-state index contributed by atoms with van der Waals surface area (Å²) in [6.45, 7) is 7.56. The van der Waals surface area contributed by atoms with Gasteiger partial charge in [0.1, 0.15) is 5.76 Å². The van der Waals surface area contributed by atoms with Crippen LogP contribution in [0.1, 0.15) is 11.5 Å². The van der Waals surface area contributed by atoms with E-state index in [0.29, 0.717) is 12.4 Å². The molecule has 0 spiro atoms. The number of β-amino-alcohol motifs (C(OH)–C–C–N with tert-alkyl or cyclic N) is 1. The van der Waals surface area contributed by atoms with Crippen molar-refractivity contribution in [3.63, 3.8) is 0 Å². The van der Waals surface area contributed by atoms with Gasteiger partial charge in [-0.2, -0.15) is 0 Å². The molecule has 0 bridgehead atoms. The van der Waals surface area contributed by atoms with E-state index < -0.39 is 0 Å². The molecule has 4 heterocycles. The number of rotatable bonds is 4. The topological polar surface area (TPSA) is 62.0 Å². The summed E-state index contributed by atoms with van der Waals surface area (Å²) in [6.07, 6.45) is -0.313. The zero-order chi connectivity index (χ0) is 16.5. The van der Waals surface area contributed by atoms with Gasteiger partial charge in [0.15, 0.2) is 0 Å². The predicted molar refractivity (Wildman–Crippen MR) is 92.0 cm³/mol. The number of thiophene rings is 1. The number of ether oxygens (including phenoxy) is 1. The molecule has 6 nitrogen and oxygen atoms in total. The average Bonchev–Trinajstić information content (AvgIpc) is 3.30. The van der Waals surface area contributed by atoms with E-state index in [1.54, 1.807) is 11.3 Å². The smallest absolute Gasteiger partial charge is 0.236 e. The Kier molecular flexibility index (Phi) is 4.69. The van der Waals surface area contributed by atoms with Gasteiger partial charge in [-0.05, 0) is 18.4 Å². The van der Waals surface area contributed by atoms with Crippen molar-refractivity contribution in [2.24, 2.45) is 0 Å². The zero-order valence-corrected chi connectivity index (χ0v) is 14.7. The number of aromatic nitrogens is 1. The van der Waals surface area contributed by atoms with E-state index in [4.69, 9.17) is 9.15 Å². The monoisotopic (exact) mass is 349 g/mol. The highest BCUT2D eigenvalue weighted by Crippen LogP contribution is 2.27. The van der Waals surface area contributed by atoms with E-state index in [1.807, 2.05) is 24.4 Å². The van der Waals surface area contributed by atoms with Crippen molar-refractivity contribution < 1.29 is 14.3 Å². The van der Waals surface area contributed by atoms with Crippen LogP contribution in [-0.2, 0) is 11.3 Å². The lowest BCUT2D eigenvalue weighted by Gasteiger charge is -2.33. The van der Waals surface area contributed by atoms with Crippen LogP contribution < -0.4 is 0 Å². The quantitative estimate of drug-likeness (QED) is 0.904. The molecule has 0 amide bonds. The second-order valence-corrected chi connectivity index (χ2v) is 7.42. The number of hydrogen-bond donors (Lipinski definition) is 1. The highest BCUT2D eigenvalue weighted by Gasteiger charge is 2.36. The summed E-state index contributed by atoms with van der Waals surface area (Å²) in [5.74, 6) is 1.56. The molecule has 2 aliphatic heterocycles. The third-order valence-corrected chi connectivity index (χ3v) is 5.71. The summed E-state index contributed by atoms with van der Waals surface area (Å²) in [6, 6.07) is 4.22. The molecule has 130 valence electrons. The molecule has 0 saturated carbocycles. The van der Waals surface area contributed by atoms with Gasteiger partial charge >= 0.3 is 0 Å². The Morgan fingerprint density at radius 2 is 2.17 bits per heavy atom. The number of aliphatic hydroxyl groups is 1. The Morgan fingerprint density at radius 3 is 2.92 bits per heavy atom.